The highest BCUT2D eigenvalue weighted by Gasteiger charge is 2.05. The Hall–Kier alpha value is -2.74. The van der Waals surface area contributed by atoms with Crippen molar-refractivity contribution in [1.82, 2.24) is 9.13 Å². The van der Waals surface area contributed by atoms with Gasteiger partial charge in [-0.1, -0.05) is 18.1 Å². The molecule has 21 heavy (non-hydrogen) atoms. The molecule has 0 aliphatic heterocycles. The number of aromatic nitrogens is 2. The van der Waals surface area contributed by atoms with E-state index in [1.807, 2.05) is 24.3 Å². The van der Waals surface area contributed by atoms with E-state index in [-0.39, 0.29) is 6.54 Å². The van der Waals surface area contributed by atoms with Crippen molar-refractivity contribution in [2.75, 3.05) is 7.11 Å². The van der Waals surface area contributed by atoms with Crippen LogP contribution in [0.15, 0.2) is 46.2 Å². The summed E-state index contributed by atoms with van der Waals surface area (Å²) in [5.74, 6) is 6.21. The molecule has 0 atom stereocenters. The number of nitrogens with zero attached hydrogens (tertiary/aromatic N) is 2. The topological polar surface area (TPSA) is 53.2 Å². The van der Waals surface area contributed by atoms with E-state index in [1.165, 1.54) is 9.13 Å². The second-order valence-corrected chi connectivity index (χ2v) is 4.44. The molecule has 0 saturated heterocycles. The van der Waals surface area contributed by atoms with E-state index in [9.17, 15) is 9.59 Å². The molecule has 108 valence electrons. The average Bonchev–Trinajstić information content (AvgIpc) is 2.52. The van der Waals surface area contributed by atoms with Crippen molar-refractivity contribution >= 4 is 0 Å². The van der Waals surface area contributed by atoms with Gasteiger partial charge in [-0.3, -0.25) is 14.2 Å². The van der Waals surface area contributed by atoms with E-state index in [4.69, 9.17) is 4.74 Å². The van der Waals surface area contributed by atoms with Crippen LogP contribution in [0.3, 0.4) is 0 Å². The van der Waals surface area contributed by atoms with Gasteiger partial charge >= 0.3 is 11.1 Å². The Morgan fingerprint density at radius 2 is 1.67 bits per heavy atom. The van der Waals surface area contributed by atoms with Crippen LogP contribution in [-0.2, 0) is 13.1 Å². The normalized spacial score (nSPS) is 9.81. The molecule has 0 radical (unpaired) electrons. The molecule has 0 spiro atoms. The van der Waals surface area contributed by atoms with Crippen LogP contribution < -0.4 is 15.9 Å². The van der Waals surface area contributed by atoms with Gasteiger partial charge in [0.15, 0.2) is 0 Å². The molecule has 5 nitrogen and oxygen atoms in total. The fourth-order valence-electron chi connectivity index (χ4n) is 1.88. The molecule has 2 rings (SSSR count). The lowest BCUT2D eigenvalue weighted by atomic mass is 10.2. The fraction of sp³-hybridized carbons (Fsp3) is 0.250. The molecule has 0 N–H and O–H groups in total. The van der Waals surface area contributed by atoms with Crippen molar-refractivity contribution in [3.63, 3.8) is 0 Å². The van der Waals surface area contributed by atoms with Crippen LogP contribution in [0.5, 0.6) is 5.75 Å². The zero-order valence-electron chi connectivity index (χ0n) is 12.0. The van der Waals surface area contributed by atoms with Crippen LogP contribution in [-0.4, -0.2) is 16.2 Å². The van der Waals surface area contributed by atoms with Crippen molar-refractivity contribution < 1.29 is 4.74 Å². The molecule has 0 saturated carbocycles. The van der Waals surface area contributed by atoms with Crippen molar-refractivity contribution in [3.8, 4) is 17.6 Å². The summed E-state index contributed by atoms with van der Waals surface area (Å²) in [4.78, 5) is 24.0. The number of hydrogen-bond donors (Lipinski definition) is 0. The van der Waals surface area contributed by atoms with Crippen molar-refractivity contribution in [1.29, 1.82) is 0 Å². The molecule has 0 aliphatic rings. The van der Waals surface area contributed by atoms with E-state index in [2.05, 4.69) is 11.8 Å². The van der Waals surface area contributed by atoms with Gasteiger partial charge in [-0.05, 0) is 24.6 Å². The largest absolute Gasteiger partial charge is 0.497 e. The average molecular weight is 284 g/mol. The van der Waals surface area contributed by atoms with Crippen LogP contribution in [0.25, 0.3) is 0 Å². The number of hydrogen-bond acceptors (Lipinski definition) is 3. The zero-order valence-corrected chi connectivity index (χ0v) is 12.0. The van der Waals surface area contributed by atoms with E-state index in [0.717, 1.165) is 11.3 Å². The summed E-state index contributed by atoms with van der Waals surface area (Å²) in [5.41, 5.74) is -0.191. The van der Waals surface area contributed by atoms with Gasteiger partial charge < -0.3 is 9.30 Å². The predicted molar refractivity (Wildman–Crippen MR) is 80.5 cm³/mol. The number of benzene rings is 1. The lowest BCUT2D eigenvalue weighted by Crippen LogP contribution is -2.40. The molecule has 0 aliphatic carbocycles. The number of rotatable bonds is 4. The summed E-state index contributed by atoms with van der Waals surface area (Å²) in [7, 11) is 1.60. The second kappa shape index (κ2) is 6.62. The minimum Gasteiger partial charge on any atom is -0.497 e. The monoisotopic (exact) mass is 284 g/mol. The Bertz CT molecular complexity index is 789. The summed E-state index contributed by atoms with van der Waals surface area (Å²) in [5, 5.41) is 0. The lowest BCUT2D eigenvalue weighted by Gasteiger charge is -2.08. The fourth-order valence-corrected chi connectivity index (χ4v) is 1.88. The first kappa shape index (κ1) is 14.7. The van der Waals surface area contributed by atoms with Crippen molar-refractivity contribution in [2.45, 2.75) is 20.0 Å². The molecule has 0 fully saturated rings. The third kappa shape index (κ3) is 3.42. The summed E-state index contributed by atoms with van der Waals surface area (Å²) < 4.78 is 7.78. The Morgan fingerprint density at radius 3 is 2.29 bits per heavy atom. The van der Waals surface area contributed by atoms with Crippen molar-refractivity contribution in [2.24, 2.45) is 0 Å². The van der Waals surface area contributed by atoms with Gasteiger partial charge in [-0.15, -0.1) is 5.92 Å². The summed E-state index contributed by atoms with van der Waals surface area (Å²) in [6.07, 6.45) is 3.18. The maximum atomic E-state index is 12.0. The number of ether oxygens (including phenoxy) is 1. The van der Waals surface area contributed by atoms with E-state index >= 15 is 0 Å². The van der Waals surface area contributed by atoms with Crippen LogP contribution >= 0.6 is 0 Å². The van der Waals surface area contributed by atoms with Gasteiger partial charge in [0.1, 0.15) is 5.75 Å². The molecule has 1 aromatic carbocycles. The Balaban J connectivity index is 2.27. The zero-order chi connectivity index (χ0) is 15.2. The highest BCUT2D eigenvalue weighted by atomic mass is 16.5. The quantitative estimate of drug-likeness (QED) is 0.624. The predicted octanol–water partition coefficient (Wildman–Crippen LogP) is 1.09. The summed E-state index contributed by atoms with van der Waals surface area (Å²) >= 11 is 0. The van der Waals surface area contributed by atoms with Crippen LogP contribution in [0.2, 0.25) is 0 Å². The van der Waals surface area contributed by atoms with Gasteiger partial charge in [-0.2, -0.15) is 0 Å². The first-order valence-corrected chi connectivity index (χ1v) is 6.48. The van der Waals surface area contributed by atoms with Crippen LogP contribution in [0.1, 0.15) is 12.5 Å². The van der Waals surface area contributed by atoms with Gasteiger partial charge in [0.2, 0.25) is 0 Å². The minimum absolute atomic E-state index is 0.230. The minimum atomic E-state index is -0.561. The van der Waals surface area contributed by atoms with Crippen LogP contribution in [0.4, 0.5) is 0 Å². The standard InChI is InChI=1S/C16H16N2O3/c1-3-4-9-17-10-11-18(16(20)15(17)19)12-13-5-7-14(21-2)8-6-13/h5-8,10-11H,9,12H2,1-2H3. The second-order valence-electron chi connectivity index (χ2n) is 4.44. The molecule has 0 bridgehead atoms. The summed E-state index contributed by atoms with van der Waals surface area (Å²) in [6, 6.07) is 7.36. The van der Waals surface area contributed by atoms with Gasteiger partial charge in [0.25, 0.3) is 0 Å². The molecule has 1 aromatic heterocycles. The number of methoxy groups -OCH3 is 1. The third-order valence-electron chi connectivity index (χ3n) is 3.07. The molecule has 0 amide bonds. The van der Waals surface area contributed by atoms with E-state index in [0.29, 0.717) is 6.54 Å². The maximum Gasteiger partial charge on any atom is 0.317 e. The van der Waals surface area contributed by atoms with E-state index in [1.54, 1.807) is 26.4 Å². The van der Waals surface area contributed by atoms with Crippen molar-refractivity contribution in [3.05, 3.63) is 62.9 Å². The van der Waals surface area contributed by atoms with Gasteiger partial charge in [-0.25, -0.2) is 0 Å². The Kier molecular flexibility index (Phi) is 4.62. The molecular weight excluding hydrogens is 268 g/mol. The first-order chi connectivity index (χ1) is 10.2. The molecular formula is C16H16N2O3. The Morgan fingerprint density at radius 1 is 1.05 bits per heavy atom. The highest BCUT2D eigenvalue weighted by molar-refractivity contribution is 5.27. The third-order valence-corrected chi connectivity index (χ3v) is 3.07. The SMILES string of the molecule is CC#CCn1ccn(Cc2ccc(OC)cc2)c(=O)c1=O. The van der Waals surface area contributed by atoms with Gasteiger partial charge in [0, 0.05) is 12.4 Å². The molecule has 1 heterocycles. The lowest BCUT2D eigenvalue weighted by molar-refractivity contribution is 0.414. The molecule has 0 unspecified atom stereocenters. The molecule has 5 heteroatoms. The highest BCUT2D eigenvalue weighted by Crippen LogP contribution is 2.11. The Labute approximate surface area is 122 Å². The van der Waals surface area contributed by atoms with Gasteiger partial charge in [0.05, 0.1) is 20.2 Å². The first-order valence-electron chi connectivity index (χ1n) is 6.48. The van der Waals surface area contributed by atoms with E-state index < -0.39 is 11.1 Å². The maximum absolute atomic E-state index is 12.0. The van der Waals surface area contributed by atoms with Crippen LogP contribution in [0, 0.1) is 11.8 Å². The summed E-state index contributed by atoms with van der Waals surface area (Å²) in [6.45, 7) is 2.27. The molecule has 2 aromatic rings. The smallest absolute Gasteiger partial charge is 0.317 e.